The summed E-state index contributed by atoms with van der Waals surface area (Å²) in [5, 5.41) is 9.86. The number of aromatic nitrogens is 1. The molecule has 2 aromatic rings. The van der Waals surface area contributed by atoms with Gasteiger partial charge >= 0.3 is 0 Å². The fraction of sp³-hybridized carbons (Fsp3) is 0.429. The van der Waals surface area contributed by atoms with E-state index in [1.165, 1.54) is 14.8 Å². The normalized spacial score (nSPS) is 11.0. The van der Waals surface area contributed by atoms with Crippen molar-refractivity contribution in [1.82, 2.24) is 15.6 Å². The predicted molar refractivity (Wildman–Crippen MR) is 103 cm³/mol. The highest BCUT2D eigenvalue weighted by Crippen LogP contribution is 2.11. The second-order valence-corrected chi connectivity index (χ2v) is 6.67. The van der Waals surface area contributed by atoms with Crippen LogP contribution in [0.5, 0.6) is 0 Å². The van der Waals surface area contributed by atoms with E-state index in [1.54, 1.807) is 22.7 Å². The first-order valence-electron chi connectivity index (χ1n) is 6.74. The zero-order chi connectivity index (χ0) is 14.2. The smallest absolute Gasteiger partial charge is 0.191 e. The van der Waals surface area contributed by atoms with Crippen molar-refractivity contribution in [3.05, 3.63) is 38.5 Å². The molecule has 0 bridgehead atoms. The van der Waals surface area contributed by atoms with Crippen LogP contribution in [-0.2, 0) is 13.0 Å². The highest BCUT2D eigenvalue weighted by Gasteiger charge is 2.01. The Labute approximate surface area is 151 Å². The van der Waals surface area contributed by atoms with E-state index in [1.807, 2.05) is 6.20 Å². The van der Waals surface area contributed by atoms with Crippen molar-refractivity contribution in [3.63, 3.8) is 0 Å². The third kappa shape index (κ3) is 6.75. The van der Waals surface area contributed by atoms with Crippen molar-refractivity contribution in [2.75, 3.05) is 13.1 Å². The third-order valence-electron chi connectivity index (χ3n) is 2.62. The van der Waals surface area contributed by atoms with Crippen molar-refractivity contribution in [2.45, 2.75) is 26.8 Å². The average Bonchev–Trinajstić information content (AvgIpc) is 3.08. The number of nitrogens with one attached hydrogen (secondary N) is 2. The van der Waals surface area contributed by atoms with Crippen LogP contribution in [0.1, 0.15) is 21.7 Å². The minimum atomic E-state index is 0. The number of thiazole rings is 1. The van der Waals surface area contributed by atoms with E-state index in [0.29, 0.717) is 0 Å². The monoisotopic (exact) mass is 436 g/mol. The van der Waals surface area contributed by atoms with E-state index < -0.39 is 0 Å². The molecular weight excluding hydrogens is 415 g/mol. The molecule has 0 atom stereocenters. The maximum absolute atomic E-state index is 4.58. The van der Waals surface area contributed by atoms with E-state index in [-0.39, 0.29) is 24.0 Å². The summed E-state index contributed by atoms with van der Waals surface area (Å²) in [6.45, 7) is 6.60. The van der Waals surface area contributed by atoms with Gasteiger partial charge in [-0.3, -0.25) is 0 Å². The first kappa shape index (κ1) is 18.4. The van der Waals surface area contributed by atoms with Crippen LogP contribution in [-0.4, -0.2) is 24.0 Å². The summed E-state index contributed by atoms with van der Waals surface area (Å²) >= 11 is 3.49. The molecule has 0 amide bonds. The lowest BCUT2D eigenvalue weighted by Crippen LogP contribution is -2.38. The quantitative estimate of drug-likeness (QED) is 0.415. The Hall–Kier alpha value is -0.670. The first-order valence-corrected chi connectivity index (χ1v) is 8.43. The molecule has 2 heterocycles. The van der Waals surface area contributed by atoms with E-state index in [2.05, 4.69) is 52.0 Å². The summed E-state index contributed by atoms with van der Waals surface area (Å²) in [6.07, 6.45) is 2.86. The number of thiophene rings is 1. The van der Waals surface area contributed by atoms with Crippen LogP contribution >= 0.6 is 46.7 Å². The molecule has 4 nitrogen and oxygen atoms in total. The molecule has 0 aliphatic rings. The second kappa shape index (κ2) is 10.1. The molecule has 0 unspecified atom stereocenters. The van der Waals surface area contributed by atoms with E-state index in [4.69, 9.17) is 0 Å². The Morgan fingerprint density at radius 3 is 2.86 bits per heavy atom. The lowest BCUT2D eigenvalue weighted by Gasteiger charge is -2.10. The van der Waals surface area contributed by atoms with Gasteiger partial charge in [-0.2, -0.15) is 0 Å². The van der Waals surface area contributed by atoms with Gasteiger partial charge in [-0.25, -0.2) is 9.98 Å². The van der Waals surface area contributed by atoms with Crippen molar-refractivity contribution in [1.29, 1.82) is 0 Å². The number of halogens is 1. The maximum atomic E-state index is 4.58. The Morgan fingerprint density at radius 2 is 2.24 bits per heavy atom. The van der Waals surface area contributed by atoms with Gasteiger partial charge in [0.1, 0.15) is 0 Å². The Kier molecular flexibility index (Phi) is 8.86. The van der Waals surface area contributed by atoms with Gasteiger partial charge in [0.15, 0.2) is 5.96 Å². The number of aliphatic imine (C=N–C) groups is 1. The summed E-state index contributed by atoms with van der Waals surface area (Å²) < 4.78 is 0. The molecule has 116 valence electrons. The molecule has 0 spiro atoms. The van der Waals surface area contributed by atoms with Gasteiger partial charge in [0.2, 0.25) is 0 Å². The molecule has 2 N–H and O–H groups in total. The number of aryl methyl sites for hydroxylation is 1. The topological polar surface area (TPSA) is 49.3 Å². The minimum Gasteiger partial charge on any atom is -0.357 e. The Morgan fingerprint density at radius 1 is 1.38 bits per heavy atom. The molecule has 0 saturated carbocycles. The van der Waals surface area contributed by atoms with Gasteiger partial charge in [0, 0.05) is 35.5 Å². The summed E-state index contributed by atoms with van der Waals surface area (Å²) in [6, 6.07) is 4.16. The zero-order valence-electron chi connectivity index (χ0n) is 12.3. The fourth-order valence-electron chi connectivity index (χ4n) is 1.71. The largest absolute Gasteiger partial charge is 0.357 e. The van der Waals surface area contributed by atoms with Gasteiger partial charge < -0.3 is 10.6 Å². The minimum absolute atomic E-state index is 0. The lowest BCUT2D eigenvalue weighted by molar-refractivity contribution is 0.797. The molecule has 2 rings (SSSR count). The average molecular weight is 436 g/mol. The SMILES string of the molecule is CCNC(=NCc1cccs1)NCCc1ncc(C)s1.I. The molecule has 0 radical (unpaired) electrons. The maximum Gasteiger partial charge on any atom is 0.191 e. The molecule has 0 aliphatic carbocycles. The van der Waals surface area contributed by atoms with Crippen LogP contribution in [0.2, 0.25) is 0 Å². The summed E-state index contributed by atoms with van der Waals surface area (Å²) in [7, 11) is 0. The van der Waals surface area contributed by atoms with Crippen LogP contribution in [0.15, 0.2) is 28.7 Å². The van der Waals surface area contributed by atoms with Gasteiger partial charge in [0.05, 0.1) is 11.6 Å². The molecule has 21 heavy (non-hydrogen) atoms. The summed E-state index contributed by atoms with van der Waals surface area (Å²) in [5.41, 5.74) is 0. The standard InChI is InChI=1S/C14H20N4S2.HI/c1-3-15-14(18-10-12-5-4-8-19-12)16-7-6-13-17-9-11(2)20-13;/h4-5,8-9H,3,6-7,10H2,1-2H3,(H2,15,16,18);1H. The third-order valence-corrected chi connectivity index (χ3v) is 4.45. The zero-order valence-corrected chi connectivity index (χ0v) is 16.2. The number of hydrogen-bond acceptors (Lipinski definition) is 4. The summed E-state index contributed by atoms with van der Waals surface area (Å²) in [4.78, 5) is 11.5. The molecular formula is C14H21IN4S2. The number of nitrogens with zero attached hydrogens (tertiary/aromatic N) is 2. The Bertz CT molecular complexity index is 537. The molecule has 0 aromatic carbocycles. The molecule has 0 aliphatic heterocycles. The molecule has 2 aromatic heterocycles. The number of guanidine groups is 1. The number of rotatable bonds is 6. The lowest BCUT2D eigenvalue weighted by atomic mass is 10.4. The van der Waals surface area contributed by atoms with E-state index in [9.17, 15) is 0 Å². The highest BCUT2D eigenvalue weighted by molar-refractivity contribution is 14.0. The second-order valence-electron chi connectivity index (χ2n) is 4.32. The molecule has 0 saturated heterocycles. The van der Waals surface area contributed by atoms with Gasteiger partial charge in [-0.15, -0.1) is 46.7 Å². The van der Waals surface area contributed by atoms with E-state index in [0.717, 1.165) is 32.0 Å². The van der Waals surface area contributed by atoms with Crippen LogP contribution in [0, 0.1) is 6.92 Å². The van der Waals surface area contributed by atoms with Gasteiger partial charge in [-0.1, -0.05) is 6.07 Å². The van der Waals surface area contributed by atoms with Crippen molar-refractivity contribution in [2.24, 2.45) is 4.99 Å². The molecule has 0 fully saturated rings. The van der Waals surface area contributed by atoms with E-state index >= 15 is 0 Å². The van der Waals surface area contributed by atoms with Crippen molar-refractivity contribution in [3.8, 4) is 0 Å². The van der Waals surface area contributed by atoms with Gasteiger partial charge in [0.25, 0.3) is 0 Å². The predicted octanol–water partition coefficient (Wildman–Crippen LogP) is 3.43. The van der Waals surface area contributed by atoms with Crippen LogP contribution in [0.3, 0.4) is 0 Å². The number of hydrogen-bond donors (Lipinski definition) is 2. The van der Waals surface area contributed by atoms with Crippen molar-refractivity contribution >= 4 is 52.6 Å². The highest BCUT2D eigenvalue weighted by atomic mass is 127. The van der Waals surface area contributed by atoms with Gasteiger partial charge in [-0.05, 0) is 25.3 Å². The van der Waals surface area contributed by atoms with Crippen molar-refractivity contribution < 1.29 is 0 Å². The van der Waals surface area contributed by atoms with Crippen LogP contribution < -0.4 is 10.6 Å². The van der Waals surface area contributed by atoms with Crippen LogP contribution in [0.4, 0.5) is 0 Å². The Balaban J connectivity index is 0.00000220. The molecule has 7 heteroatoms. The summed E-state index contributed by atoms with van der Waals surface area (Å²) in [5.74, 6) is 0.870. The van der Waals surface area contributed by atoms with Crippen LogP contribution in [0.25, 0.3) is 0 Å². The fourth-order valence-corrected chi connectivity index (χ4v) is 3.12. The first-order chi connectivity index (χ1) is 9.78.